The van der Waals surface area contributed by atoms with E-state index in [9.17, 15) is 17.6 Å². The van der Waals surface area contributed by atoms with E-state index in [4.69, 9.17) is 27.9 Å². The molecule has 0 aliphatic heterocycles. The molecule has 0 bridgehead atoms. The second kappa shape index (κ2) is 6.74. The molecular formula is C14H10Cl2FNO4S. The van der Waals surface area contributed by atoms with E-state index in [1.165, 1.54) is 0 Å². The fourth-order valence-corrected chi connectivity index (χ4v) is 2.41. The minimum absolute atomic E-state index is 0.0256. The maximum atomic E-state index is 14.0. The van der Waals surface area contributed by atoms with E-state index >= 15 is 0 Å². The Balaban J connectivity index is 2.30. The Bertz CT molecular complexity index is 854. The number of ether oxygens (including phenoxy) is 1. The van der Waals surface area contributed by atoms with Crippen LogP contribution < -0.4 is 9.46 Å². The van der Waals surface area contributed by atoms with Gasteiger partial charge in [-0.05, 0) is 30.3 Å². The highest BCUT2D eigenvalue weighted by atomic mass is 35.5. The van der Waals surface area contributed by atoms with E-state index < -0.39 is 27.3 Å². The molecule has 0 spiro atoms. The zero-order valence-corrected chi connectivity index (χ0v) is 14.0. The van der Waals surface area contributed by atoms with Crippen LogP contribution in [0.2, 0.25) is 10.0 Å². The van der Waals surface area contributed by atoms with Gasteiger partial charge in [-0.3, -0.25) is 4.79 Å². The van der Waals surface area contributed by atoms with Gasteiger partial charge in [-0.25, -0.2) is 17.5 Å². The van der Waals surface area contributed by atoms with Crippen molar-refractivity contribution < 1.29 is 22.3 Å². The number of hydrogen-bond acceptors (Lipinski definition) is 4. The molecule has 2 rings (SSSR count). The third-order valence-corrected chi connectivity index (χ3v) is 3.69. The molecular weight excluding hydrogens is 368 g/mol. The van der Waals surface area contributed by atoms with Gasteiger partial charge in [0.2, 0.25) is 10.0 Å². The molecule has 1 amide bonds. The van der Waals surface area contributed by atoms with Gasteiger partial charge in [0.05, 0.1) is 16.8 Å². The first-order valence-electron chi connectivity index (χ1n) is 6.10. The Morgan fingerprint density at radius 2 is 1.78 bits per heavy atom. The largest absolute Gasteiger partial charge is 0.456 e. The van der Waals surface area contributed by atoms with Gasteiger partial charge in [-0.1, -0.05) is 23.2 Å². The van der Waals surface area contributed by atoms with Gasteiger partial charge < -0.3 is 4.74 Å². The number of carbonyl (C=O) groups excluding carboxylic acids is 1. The number of halogens is 3. The molecule has 0 saturated carbocycles. The van der Waals surface area contributed by atoms with Gasteiger partial charge in [-0.15, -0.1) is 0 Å². The summed E-state index contributed by atoms with van der Waals surface area (Å²) < 4.78 is 43.1. The molecule has 9 heteroatoms. The lowest BCUT2D eigenvalue weighted by atomic mass is 10.2. The molecule has 5 nitrogen and oxygen atoms in total. The zero-order valence-electron chi connectivity index (χ0n) is 11.6. The van der Waals surface area contributed by atoms with Gasteiger partial charge in [0.25, 0.3) is 5.91 Å². The highest BCUT2D eigenvalue weighted by molar-refractivity contribution is 7.89. The van der Waals surface area contributed by atoms with Crippen LogP contribution in [0.15, 0.2) is 36.4 Å². The van der Waals surface area contributed by atoms with Crippen molar-refractivity contribution in [2.45, 2.75) is 0 Å². The van der Waals surface area contributed by atoms with Crippen LogP contribution in [0.4, 0.5) is 4.39 Å². The lowest BCUT2D eigenvalue weighted by Crippen LogP contribution is -2.30. The second-order valence-electron chi connectivity index (χ2n) is 4.52. The average Bonchev–Trinajstić information content (AvgIpc) is 2.43. The van der Waals surface area contributed by atoms with Crippen LogP contribution in [0.25, 0.3) is 0 Å². The molecule has 0 saturated heterocycles. The Morgan fingerprint density at radius 3 is 2.35 bits per heavy atom. The van der Waals surface area contributed by atoms with Crippen molar-refractivity contribution in [2.75, 3.05) is 6.26 Å². The lowest BCUT2D eigenvalue weighted by Gasteiger charge is -2.10. The molecule has 1 N–H and O–H groups in total. The molecule has 0 unspecified atom stereocenters. The molecule has 0 aliphatic carbocycles. The van der Waals surface area contributed by atoms with E-state index in [1.807, 2.05) is 0 Å². The molecule has 23 heavy (non-hydrogen) atoms. The number of hydrogen-bond donors (Lipinski definition) is 1. The number of rotatable bonds is 4. The summed E-state index contributed by atoms with van der Waals surface area (Å²) in [6.45, 7) is 0. The predicted octanol–water partition coefficient (Wildman–Crippen LogP) is 3.61. The Kier molecular flexibility index (Phi) is 5.13. The Labute approximate surface area is 142 Å². The van der Waals surface area contributed by atoms with Crippen LogP contribution in [0.3, 0.4) is 0 Å². The van der Waals surface area contributed by atoms with E-state index in [0.717, 1.165) is 18.4 Å². The number of amides is 1. The summed E-state index contributed by atoms with van der Waals surface area (Å²) in [4.78, 5) is 11.7. The van der Waals surface area contributed by atoms with Crippen molar-refractivity contribution in [3.05, 3.63) is 57.8 Å². The van der Waals surface area contributed by atoms with Gasteiger partial charge in [0.15, 0.2) is 0 Å². The van der Waals surface area contributed by atoms with Crippen molar-refractivity contribution in [1.29, 1.82) is 0 Å². The van der Waals surface area contributed by atoms with E-state index in [0.29, 0.717) is 10.8 Å². The first kappa shape index (κ1) is 17.5. The van der Waals surface area contributed by atoms with Crippen molar-refractivity contribution >= 4 is 39.1 Å². The Morgan fingerprint density at radius 1 is 1.17 bits per heavy atom. The normalized spacial score (nSPS) is 11.1. The van der Waals surface area contributed by atoms with E-state index in [2.05, 4.69) is 0 Å². The van der Waals surface area contributed by atoms with Crippen LogP contribution in [0.5, 0.6) is 11.5 Å². The summed E-state index contributed by atoms with van der Waals surface area (Å²) >= 11 is 11.7. The minimum atomic E-state index is -3.82. The summed E-state index contributed by atoms with van der Waals surface area (Å²) in [5.74, 6) is -1.75. The lowest BCUT2D eigenvalue weighted by molar-refractivity contribution is 0.0978. The molecule has 0 radical (unpaired) electrons. The minimum Gasteiger partial charge on any atom is -0.456 e. The van der Waals surface area contributed by atoms with Gasteiger partial charge >= 0.3 is 0 Å². The summed E-state index contributed by atoms with van der Waals surface area (Å²) in [6, 6.07) is 8.16. The molecule has 122 valence electrons. The zero-order chi connectivity index (χ0) is 17.2. The topological polar surface area (TPSA) is 72.5 Å². The van der Waals surface area contributed by atoms with Crippen LogP contribution in [-0.2, 0) is 10.0 Å². The Hall–Kier alpha value is -1.83. The molecule has 0 atom stereocenters. The maximum Gasteiger partial charge on any atom is 0.267 e. The fraction of sp³-hybridized carbons (Fsp3) is 0.0714. The smallest absolute Gasteiger partial charge is 0.267 e. The number of sulfonamides is 1. The third-order valence-electron chi connectivity index (χ3n) is 2.59. The van der Waals surface area contributed by atoms with Crippen molar-refractivity contribution in [2.24, 2.45) is 0 Å². The monoisotopic (exact) mass is 377 g/mol. The van der Waals surface area contributed by atoms with E-state index in [-0.39, 0.29) is 10.8 Å². The summed E-state index contributed by atoms with van der Waals surface area (Å²) in [7, 11) is -3.82. The molecule has 0 aromatic heterocycles. The summed E-state index contributed by atoms with van der Waals surface area (Å²) in [5.41, 5.74) is -0.510. The molecule has 0 fully saturated rings. The van der Waals surface area contributed by atoms with E-state index in [1.54, 1.807) is 29.0 Å². The average molecular weight is 378 g/mol. The van der Waals surface area contributed by atoms with Crippen LogP contribution in [0, 0.1) is 5.82 Å². The predicted molar refractivity (Wildman–Crippen MR) is 85.2 cm³/mol. The first-order valence-corrected chi connectivity index (χ1v) is 8.75. The summed E-state index contributed by atoms with van der Waals surface area (Å²) in [6.07, 6.45) is 0.780. The number of benzene rings is 2. The van der Waals surface area contributed by atoms with Gasteiger partial charge in [0.1, 0.15) is 17.3 Å². The number of carbonyl (C=O) groups is 1. The van der Waals surface area contributed by atoms with Crippen molar-refractivity contribution in [3.8, 4) is 11.5 Å². The van der Waals surface area contributed by atoms with Crippen molar-refractivity contribution in [3.63, 3.8) is 0 Å². The van der Waals surface area contributed by atoms with Gasteiger partial charge in [-0.2, -0.15) is 0 Å². The molecule has 2 aromatic rings. The van der Waals surface area contributed by atoms with Crippen molar-refractivity contribution in [1.82, 2.24) is 4.72 Å². The second-order valence-corrected chi connectivity index (χ2v) is 7.11. The maximum absolute atomic E-state index is 14.0. The third kappa shape index (κ3) is 4.82. The summed E-state index contributed by atoms with van der Waals surface area (Å²) in [5, 5.41) is 0.447. The number of nitrogens with one attached hydrogen (secondary N) is 1. The molecule has 2 aromatic carbocycles. The van der Waals surface area contributed by atoms with Gasteiger partial charge in [0, 0.05) is 11.1 Å². The molecule has 0 aliphatic rings. The fourth-order valence-electron chi connectivity index (χ4n) is 1.63. The quantitative estimate of drug-likeness (QED) is 0.882. The van der Waals surface area contributed by atoms with Crippen LogP contribution in [-0.4, -0.2) is 20.6 Å². The SMILES string of the molecule is CS(=O)(=O)NC(=O)c1cc(Cl)c(Oc2ccc(Cl)cc2)cc1F. The first-order chi connectivity index (χ1) is 10.7. The van der Waals surface area contributed by atoms with Crippen LogP contribution in [0.1, 0.15) is 10.4 Å². The highest BCUT2D eigenvalue weighted by Gasteiger charge is 2.19. The van der Waals surface area contributed by atoms with Crippen LogP contribution >= 0.6 is 23.2 Å². The standard InChI is InChI=1S/C14H10Cl2FNO4S/c1-23(20,21)18-14(19)10-6-11(16)13(7-12(10)17)22-9-4-2-8(15)3-5-9/h2-7H,1H3,(H,18,19). The highest BCUT2D eigenvalue weighted by Crippen LogP contribution is 2.32. The molecule has 0 heterocycles.